The van der Waals surface area contributed by atoms with Gasteiger partial charge in [-0.15, -0.1) is 0 Å². The van der Waals surface area contributed by atoms with Crippen LogP contribution in [0.4, 0.5) is 0 Å². The van der Waals surface area contributed by atoms with Gasteiger partial charge in [0.25, 0.3) is 0 Å². The van der Waals surface area contributed by atoms with Crippen LogP contribution in [0.3, 0.4) is 0 Å². The standard InChI is InChI=1S/C59H86O6/c1-4-7-10-13-16-19-22-25-27-29-30-31-33-34-37-40-43-46-49-52-58(61)64-55-56(54-63-57(60)51-48-45-42-39-36-24-21-18-15-12-9-6-3)65-59(62)53-50-47-44-41-38-35-32-28-26-23-20-17-14-11-8-5-2/h7-13,16-22,25-31,33-35,37-38,44,47,56H,4-6,14-15,23-24,32,36,39-43,45-46,48-55H2,1-3H3/b10-7-,11-8-,12-9-,16-13-,20-17-,21-18-,22-19-,27-25-,28-26-,30-29+,33-31-,37-34-,38-35-,47-44-. The Kier molecular flexibility index (Phi) is 47.3. The van der Waals surface area contributed by atoms with Crippen LogP contribution in [0.15, 0.2) is 170 Å². The van der Waals surface area contributed by atoms with Crippen LogP contribution in [0.2, 0.25) is 0 Å². The fourth-order valence-electron chi connectivity index (χ4n) is 5.80. The molecule has 65 heavy (non-hydrogen) atoms. The number of allylic oxidation sites excluding steroid dienone is 28. The molecule has 358 valence electrons. The molecule has 0 aromatic heterocycles. The molecule has 0 spiro atoms. The Hall–Kier alpha value is -5.23. The molecular weight excluding hydrogens is 805 g/mol. The lowest BCUT2D eigenvalue weighted by Gasteiger charge is -2.18. The molecular formula is C59H86O6. The van der Waals surface area contributed by atoms with E-state index in [2.05, 4.69) is 106 Å². The van der Waals surface area contributed by atoms with Gasteiger partial charge in [-0.2, -0.15) is 0 Å². The lowest BCUT2D eigenvalue weighted by molar-refractivity contribution is -0.166. The lowest BCUT2D eigenvalue weighted by Crippen LogP contribution is -2.30. The van der Waals surface area contributed by atoms with E-state index in [1.165, 1.54) is 0 Å². The van der Waals surface area contributed by atoms with Crippen LogP contribution < -0.4 is 0 Å². The van der Waals surface area contributed by atoms with Crippen LogP contribution in [0.25, 0.3) is 0 Å². The van der Waals surface area contributed by atoms with Crippen LogP contribution in [0.5, 0.6) is 0 Å². The Morgan fingerprint density at radius 3 is 1.12 bits per heavy atom. The highest BCUT2D eigenvalue weighted by atomic mass is 16.6. The Morgan fingerprint density at radius 1 is 0.323 bits per heavy atom. The highest BCUT2D eigenvalue weighted by Crippen LogP contribution is 2.11. The highest BCUT2D eigenvalue weighted by Gasteiger charge is 2.19. The maximum Gasteiger partial charge on any atom is 0.306 e. The lowest BCUT2D eigenvalue weighted by atomic mass is 10.1. The Balaban J connectivity index is 4.66. The first kappa shape index (κ1) is 59.8. The summed E-state index contributed by atoms with van der Waals surface area (Å²) >= 11 is 0. The first-order chi connectivity index (χ1) is 32.0. The number of rotatable bonds is 41. The van der Waals surface area contributed by atoms with E-state index in [-0.39, 0.29) is 38.0 Å². The van der Waals surface area contributed by atoms with E-state index in [1.807, 2.05) is 85.1 Å². The van der Waals surface area contributed by atoms with Gasteiger partial charge in [-0.05, 0) is 96.3 Å². The van der Waals surface area contributed by atoms with Gasteiger partial charge in [0.05, 0.1) is 0 Å². The van der Waals surface area contributed by atoms with E-state index in [0.717, 1.165) is 109 Å². The number of carbonyl (C=O) groups excluding carboxylic acids is 3. The smallest absolute Gasteiger partial charge is 0.306 e. The number of hydrogen-bond donors (Lipinski definition) is 0. The molecule has 0 N–H and O–H groups in total. The average molecular weight is 891 g/mol. The van der Waals surface area contributed by atoms with E-state index in [0.29, 0.717) is 19.3 Å². The van der Waals surface area contributed by atoms with E-state index in [1.54, 1.807) is 0 Å². The normalized spacial score (nSPS) is 13.6. The van der Waals surface area contributed by atoms with Crippen LogP contribution >= 0.6 is 0 Å². The molecule has 6 nitrogen and oxygen atoms in total. The molecule has 0 aliphatic heterocycles. The minimum atomic E-state index is -0.851. The van der Waals surface area contributed by atoms with Crippen molar-refractivity contribution in [3.63, 3.8) is 0 Å². The maximum atomic E-state index is 12.8. The number of esters is 3. The number of carbonyl (C=O) groups is 3. The molecule has 0 saturated heterocycles. The minimum Gasteiger partial charge on any atom is -0.462 e. The van der Waals surface area contributed by atoms with Gasteiger partial charge in [0.15, 0.2) is 6.10 Å². The zero-order valence-corrected chi connectivity index (χ0v) is 40.7. The Bertz CT molecular complexity index is 1590. The third kappa shape index (κ3) is 49.6. The summed E-state index contributed by atoms with van der Waals surface area (Å²) in [6.45, 7) is 6.11. The van der Waals surface area contributed by atoms with Crippen molar-refractivity contribution in [1.29, 1.82) is 0 Å². The van der Waals surface area contributed by atoms with Crippen LogP contribution in [-0.2, 0) is 28.6 Å². The minimum absolute atomic E-state index is 0.140. The molecule has 6 heteroatoms. The summed E-state index contributed by atoms with van der Waals surface area (Å²) in [5.74, 6) is -1.10. The zero-order chi connectivity index (χ0) is 47.2. The van der Waals surface area contributed by atoms with Crippen molar-refractivity contribution in [2.24, 2.45) is 0 Å². The van der Waals surface area contributed by atoms with Gasteiger partial charge in [0, 0.05) is 19.3 Å². The summed E-state index contributed by atoms with van der Waals surface area (Å²) in [4.78, 5) is 37.9. The van der Waals surface area contributed by atoms with Crippen molar-refractivity contribution in [1.82, 2.24) is 0 Å². The summed E-state index contributed by atoms with van der Waals surface area (Å²) in [5.41, 5.74) is 0. The molecule has 0 rings (SSSR count). The van der Waals surface area contributed by atoms with Gasteiger partial charge in [-0.1, -0.05) is 217 Å². The zero-order valence-electron chi connectivity index (χ0n) is 40.7. The van der Waals surface area contributed by atoms with Gasteiger partial charge in [-0.3, -0.25) is 14.4 Å². The summed E-state index contributed by atoms with van der Waals surface area (Å²) in [6.07, 6.45) is 76.3. The quantitative estimate of drug-likeness (QED) is 0.0200. The van der Waals surface area contributed by atoms with Gasteiger partial charge in [0.1, 0.15) is 13.2 Å². The molecule has 0 heterocycles. The Morgan fingerprint density at radius 2 is 0.662 bits per heavy atom. The van der Waals surface area contributed by atoms with Crippen molar-refractivity contribution in [2.45, 2.75) is 168 Å². The van der Waals surface area contributed by atoms with Gasteiger partial charge in [-0.25, -0.2) is 0 Å². The Labute approximate surface area is 396 Å². The molecule has 0 aromatic carbocycles. The van der Waals surface area contributed by atoms with Crippen LogP contribution in [0.1, 0.15) is 162 Å². The highest BCUT2D eigenvalue weighted by molar-refractivity contribution is 5.71. The first-order valence-corrected chi connectivity index (χ1v) is 24.7. The monoisotopic (exact) mass is 891 g/mol. The largest absolute Gasteiger partial charge is 0.462 e. The predicted octanol–water partition coefficient (Wildman–Crippen LogP) is 16.4. The summed E-state index contributed by atoms with van der Waals surface area (Å²) in [6, 6.07) is 0. The van der Waals surface area contributed by atoms with Crippen LogP contribution in [-0.4, -0.2) is 37.2 Å². The van der Waals surface area contributed by atoms with Gasteiger partial charge < -0.3 is 14.2 Å². The van der Waals surface area contributed by atoms with Crippen molar-refractivity contribution >= 4 is 17.9 Å². The first-order valence-electron chi connectivity index (χ1n) is 24.7. The molecule has 1 unspecified atom stereocenters. The molecule has 0 amide bonds. The number of unbranched alkanes of at least 4 members (excludes halogenated alkanes) is 8. The van der Waals surface area contributed by atoms with Crippen molar-refractivity contribution < 1.29 is 28.6 Å². The third-order valence-electron chi connectivity index (χ3n) is 9.41. The maximum absolute atomic E-state index is 12.8. The SMILES string of the molecule is CC\C=C/C=C\C=C/C=C\C=C\C=C/C=C\CCCCCC(=O)OCC(COC(=O)CCCCCCC/C=C\C/C=C\CC)OC(=O)CC/C=C\C/C=C\C/C=C\C/C=C\C/C=C\CC. The third-order valence-corrected chi connectivity index (χ3v) is 9.41. The summed E-state index contributed by atoms with van der Waals surface area (Å²) < 4.78 is 16.6. The molecule has 0 fully saturated rings. The van der Waals surface area contributed by atoms with E-state index in [9.17, 15) is 14.4 Å². The molecule has 0 aromatic rings. The summed E-state index contributed by atoms with van der Waals surface area (Å²) in [7, 11) is 0. The fourth-order valence-corrected chi connectivity index (χ4v) is 5.80. The molecule has 1 atom stereocenters. The van der Waals surface area contributed by atoms with E-state index >= 15 is 0 Å². The number of hydrogen-bond acceptors (Lipinski definition) is 6. The van der Waals surface area contributed by atoms with Gasteiger partial charge in [0.2, 0.25) is 0 Å². The molecule has 0 bridgehead atoms. The molecule has 0 saturated carbocycles. The van der Waals surface area contributed by atoms with E-state index in [4.69, 9.17) is 14.2 Å². The number of ether oxygens (including phenoxy) is 3. The molecule has 0 radical (unpaired) electrons. The topological polar surface area (TPSA) is 78.9 Å². The fraction of sp³-hybridized carbons (Fsp3) is 0.475. The average Bonchev–Trinajstić information content (AvgIpc) is 3.30. The second-order valence-electron chi connectivity index (χ2n) is 15.4. The second kappa shape index (κ2) is 51.4. The van der Waals surface area contributed by atoms with Crippen LogP contribution in [0, 0.1) is 0 Å². The molecule has 0 aliphatic rings. The van der Waals surface area contributed by atoms with Crippen molar-refractivity contribution in [3.8, 4) is 0 Å². The van der Waals surface area contributed by atoms with Crippen molar-refractivity contribution in [2.75, 3.05) is 13.2 Å². The predicted molar refractivity (Wildman–Crippen MR) is 278 cm³/mol. The van der Waals surface area contributed by atoms with E-state index < -0.39 is 12.1 Å². The molecule has 0 aliphatic carbocycles. The van der Waals surface area contributed by atoms with Crippen molar-refractivity contribution in [3.05, 3.63) is 170 Å². The van der Waals surface area contributed by atoms with Gasteiger partial charge >= 0.3 is 17.9 Å². The second-order valence-corrected chi connectivity index (χ2v) is 15.4. The summed E-state index contributed by atoms with van der Waals surface area (Å²) in [5, 5.41) is 0.